The van der Waals surface area contributed by atoms with Gasteiger partial charge in [-0.2, -0.15) is 13.2 Å². The summed E-state index contributed by atoms with van der Waals surface area (Å²) in [4.78, 5) is 48.7. The standard InChI is InChI=1S/C41H42ClF4N5O7S2.2ClH/c1-6-22-18-40(22,37(54)50-60(55,56)25-9-10-25)49-35(52)31-17-24(58-33-14-13-32(57-5)26-11-8-23(42)16-27(26)33)19-51(31)36(53)34(39(2,3)4)48-38-47-30(20-59-38)21-7-12-29(43)28(15-21)41(44,45)46;;/h6-8,11-16,20,22,24-25,31,34H,1,9-10,17-19H2,2-5H3,(H,47,48)(H,49,52)(H,50,54);2*1H/t22-,24-,31+,34-,40-;;/m1../s1. The molecule has 7 rings (SSSR count). The second kappa shape index (κ2) is 18.0. The zero-order valence-electron chi connectivity index (χ0n) is 33.7. The molecule has 3 amide bonds. The van der Waals surface area contributed by atoms with Crippen molar-refractivity contribution in [1.82, 2.24) is 19.9 Å². The van der Waals surface area contributed by atoms with Crippen molar-refractivity contribution in [2.75, 3.05) is 19.0 Å². The molecule has 0 radical (unpaired) electrons. The van der Waals surface area contributed by atoms with E-state index < -0.39 is 85.6 Å². The first-order chi connectivity index (χ1) is 28.1. The maximum absolute atomic E-state index is 14.9. The molecule has 1 saturated heterocycles. The van der Waals surface area contributed by atoms with E-state index in [0.717, 1.165) is 11.3 Å². The molecule has 12 nitrogen and oxygen atoms in total. The van der Waals surface area contributed by atoms with E-state index >= 15 is 0 Å². The van der Waals surface area contributed by atoms with Gasteiger partial charge in [-0.1, -0.05) is 38.4 Å². The summed E-state index contributed by atoms with van der Waals surface area (Å²) < 4.78 is 94.3. The number of amides is 3. The Bertz CT molecular complexity index is 2500. The van der Waals surface area contributed by atoms with Crippen molar-refractivity contribution < 1.29 is 49.8 Å². The number of carbonyl (C=O) groups excluding carboxylic acids is 3. The first-order valence-electron chi connectivity index (χ1n) is 19.0. The number of nitrogens with zero attached hydrogens (tertiary/aromatic N) is 2. The molecule has 336 valence electrons. The van der Waals surface area contributed by atoms with E-state index in [1.54, 1.807) is 51.1 Å². The van der Waals surface area contributed by atoms with Gasteiger partial charge in [-0.25, -0.2) is 17.8 Å². The number of hydrogen-bond acceptors (Lipinski definition) is 10. The zero-order chi connectivity index (χ0) is 43.5. The molecule has 1 aliphatic heterocycles. The molecular weight excluding hydrogens is 921 g/mol. The molecule has 3 N–H and O–H groups in total. The Hall–Kier alpha value is -4.36. The van der Waals surface area contributed by atoms with Gasteiger partial charge in [0.25, 0.3) is 5.91 Å². The molecular formula is C41H44Cl3F4N5O7S2. The highest BCUT2D eigenvalue weighted by molar-refractivity contribution is 7.91. The van der Waals surface area contributed by atoms with Gasteiger partial charge in [0.2, 0.25) is 21.8 Å². The highest BCUT2D eigenvalue weighted by Gasteiger charge is 2.62. The third kappa shape index (κ3) is 9.88. The van der Waals surface area contributed by atoms with Crippen LogP contribution in [0.3, 0.4) is 0 Å². The van der Waals surface area contributed by atoms with E-state index in [1.807, 2.05) is 0 Å². The fourth-order valence-electron chi connectivity index (χ4n) is 7.43. The number of sulfonamides is 1. The second-order valence-electron chi connectivity index (χ2n) is 16.3. The smallest absolute Gasteiger partial charge is 0.419 e. The van der Waals surface area contributed by atoms with Crippen LogP contribution in [-0.2, 0) is 30.6 Å². The average molecular weight is 965 g/mol. The number of likely N-dealkylation sites (tertiary alicyclic amines) is 1. The fourth-order valence-corrected chi connectivity index (χ4v) is 9.72. The van der Waals surface area contributed by atoms with Gasteiger partial charge in [0, 0.05) is 39.1 Å². The van der Waals surface area contributed by atoms with E-state index in [-0.39, 0.29) is 60.6 Å². The number of rotatable bonds is 13. The summed E-state index contributed by atoms with van der Waals surface area (Å²) in [6.45, 7) is 8.99. The van der Waals surface area contributed by atoms with Crippen molar-refractivity contribution in [3.63, 3.8) is 0 Å². The first kappa shape index (κ1) is 48.7. The van der Waals surface area contributed by atoms with Crippen LogP contribution in [0, 0.1) is 17.2 Å². The minimum absolute atomic E-state index is 0. The van der Waals surface area contributed by atoms with Gasteiger partial charge >= 0.3 is 6.18 Å². The number of fused-ring (bicyclic) bond motifs is 1. The van der Waals surface area contributed by atoms with Crippen molar-refractivity contribution in [2.24, 2.45) is 11.3 Å². The number of alkyl halides is 3. The number of ether oxygens (including phenoxy) is 2. The van der Waals surface area contributed by atoms with E-state index in [4.69, 9.17) is 21.1 Å². The molecule has 1 aromatic heterocycles. The lowest BCUT2D eigenvalue weighted by Crippen LogP contribution is -2.58. The minimum atomic E-state index is -4.93. The monoisotopic (exact) mass is 963 g/mol. The number of halogens is 7. The average Bonchev–Trinajstić information content (AvgIpc) is 4.07. The molecule has 3 aliphatic rings. The molecule has 0 spiro atoms. The molecule has 0 bridgehead atoms. The van der Waals surface area contributed by atoms with Gasteiger partial charge in [0.05, 0.1) is 30.2 Å². The number of methoxy groups -OCH3 is 1. The van der Waals surface area contributed by atoms with Crippen LogP contribution in [0.2, 0.25) is 5.02 Å². The normalized spacial score (nSPS) is 21.5. The molecule has 3 fully saturated rings. The van der Waals surface area contributed by atoms with Gasteiger partial charge in [-0.15, -0.1) is 42.7 Å². The maximum Gasteiger partial charge on any atom is 0.419 e. The molecule has 2 saturated carbocycles. The number of hydrogen-bond donors (Lipinski definition) is 3. The predicted molar refractivity (Wildman–Crippen MR) is 233 cm³/mol. The van der Waals surface area contributed by atoms with Crippen LogP contribution in [-0.4, -0.2) is 78.7 Å². The Balaban J connectivity index is 0.00000363. The van der Waals surface area contributed by atoms with Crippen molar-refractivity contribution >= 4 is 91.4 Å². The molecule has 2 heterocycles. The molecule has 3 aromatic carbocycles. The fraction of sp³-hybridized carbons (Fsp3) is 0.415. The van der Waals surface area contributed by atoms with E-state index in [1.165, 1.54) is 29.5 Å². The summed E-state index contributed by atoms with van der Waals surface area (Å²) in [6, 6.07) is 8.85. The van der Waals surface area contributed by atoms with Gasteiger partial charge < -0.3 is 25.0 Å². The molecule has 21 heteroatoms. The number of nitrogens with one attached hydrogen (secondary N) is 3. The Labute approximate surface area is 377 Å². The molecule has 4 aromatic rings. The minimum Gasteiger partial charge on any atom is -0.496 e. The highest BCUT2D eigenvalue weighted by Crippen LogP contribution is 2.46. The Kier molecular flexibility index (Phi) is 14.1. The summed E-state index contributed by atoms with van der Waals surface area (Å²) >= 11 is 7.39. The SMILES string of the molecule is C=C[C@@H]1C[C@]1(NC(=O)[C@@H]1C[C@@H](Oc2ccc(OC)c3ccc(Cl)cc23)CN1C(=O)[C@@H](Nc1nc(-c2ccc(F)c(C(F)(F)F)c2)cs1)C(C)(C)C)C(=O)NS(=O)(=O)C1CC1.Cl.Cl. The molecule has 5 atom stereocenters. The van der Waals surface area contributed by atoms with Crippen LogP contribution < -0.4 is 24.8 Å². The predicted octanol–water partition coefficient (Wildman–Crippen LogP) is 8.17. The van der Waals surface area contributed by atoms with Crippen molar-refractivity contribution in [1.29, 1.82) is 0 Å². The summed E-state index contributed by atoms with van der Waals surface area (Å²) in [6.07, 6.45) is -3.36. The van der Waals surface area contributed by atoms with Crippen molar-refractivity contribution in [2.45, 2.75) is 81.6 Å². The molecule has 0 unspecified atom stereocenters. The van der Waals surface area contributed by atoms with Crippen molar-refractivity contribution in [3.8, 4) is 22.8 Å². The number of anilines is 1. The Morgan fingerprint density at radius 2 is 1.74 bits per heavy atom. The topological polar surface area (TPSA) is 156 Å². The quantitative estimate of drug-likeness (QED) is 0.0889. The maximum atomic E-state index is 14.9. The van der Waals surface area contributed by atoms with Gasteiger partial charge in [-0.05, 0) is 73.2 Å². The van der Waals surface area contributed by atoms with E-state index in [2.05, 4.69) is 26.9 Å². The van der Waals surface area contributed by atoms with Crippen LogP contribution in [0.5, 0.6) is 11.5 Å². The van der Waals surface area contributed by atoms with Crippen LogP contribution in [0.25, 0.3) is 22.0 Å². The van der Waals surface area contributed by atoms with Gasteiger partial charge in [0.15, 0.2) is 5.13 Å². The Morgan fingerprint density at radius 3 is 2.35 bits per heavy atom. The number of aromatic nitrogens is 1. The largest absolute Gasteiger partial charge is 0.496 e. The third-order valence-corrected chi connectivity index (χ3v) is 13.8. The summed E-state index contributed by atoms with van der Waals surface area (Å²) in [7, 11) is -2.44. The summed E-state index contributed by atoms with van der Waals surface area (Å²) in [5.74, 6) is -3.22. The second-order valence-corrected chi connectivity index (χ2v) is 19.5. The van der Waals surface area contributed by atoms with Gasteiger partial charge in [-0.3, -0.25) is 19.1 Å². The number of carbonyl (C=O) groups is 3. The Morgan fingerprint density at radius 1 is 1.05 bits per heavy atom. The van der Waals surface area contributed by atoms with Crippen LogP contribution >= 0.6 is 47.8 Å². The third-order valence-electron chi connectivity index (χ3n) is 11.0. The lowest BCUT2D eigenvalue weighted by molar-refractivity contribution is -0.141. The molecule has 62 heavy (non-hydrogen) atoms. The van der Waals surface area contributed by atoms with E-state index in [9.17, 15) is 40.4 Å². The number of thiazole rings is 1. The summed E-state index contributed by atoms with van der Waals surface area (Å²) in [5, 5.41) is 8.60. The van der Waals surface area contributed by atoms with E-state index in [0.29, 0.717) is 52.3 Å². The van der Waals surface area contributed by atoms with Crippen molar-refractivity contribution in [3.05, 3.63) is 83.0 Å². The van der Waals surface area contributed by atoms with Crippen LogP contribution in [0.4, 0.5) is 22.7 Å². The zero-order valence-corrected chi connectivity index (χ0v) is 37.7. The first-order valence-corrected chi connectivity index (χ1v) is 21.8. The number of benzene rings is 3. The molecule has 2 aliphatic carbocycles. The lowest BCUT2D eigenvalue weighted by atomic mass is 9.85. The van der Waals surface area contributed by atoms with Gasteiger partial charge in [0.1, 0.15) is 41.0 Å². The van der Waals surface area contributed by atoms with Crippen LogP contribution in [0.1, 0.15) is 52.0 Å². The summed E-state index contributed by atoms with van der Waals surface area (Å²) in [5.41, 5.74) is -3.80. The lowest BCUT2D eigenvalue weighted by Gasteiger charge is -2.35. The highest BCUT2D eigenvalue weighted by atomic mass is 35.5. The van der Waals surface area contributed by atoms with Crippen LogP contribution in [0.15, 0.2) is 66.6 Å².